The van der Waals surface area contributed by atoms with Crippen LogP contribution in [0.5, 0.6) is 0 Å². The summed E-state index contributed by atoms with van der Waals surface area (Å²) in [7, 11) is 0. The highest BCUT2D eigenvalue weighted by Gasteiger charge is 2.25. The summed E-state index contributed by atoms with van der Waals surface area (Å²) in [6.07, 6.45) is 2.63. The van der Waals surface area contributed by atoms with E-state index in [2.05, 4.69) is 61.7 Å². The zero-order chi connectivity index (χ0) is 24.9. The second-order valence-corrected chi connectivity index (χ2v) is 10.8. The van der Waals surface area contributed by atoms with Crippen molar-refractivity contribution in [1.29, 1.82) is 0 Å². The number of benzene rings is 1. The summed E-state index contributed by atoms with van der Waals surface area (Å²) < 4.78 is 14.4. The molecule has 1 aromatic carbocycles. The van der Waals surface area contributed by atoms with Crippen molar-refractivity contribution in [1.82, 2.24) is 30.2 Å². The van der Waals surface area contributed by atoms with Crippen LogP contribution in [0.2, 0.25) is 0 Å². The largest absolute Gasteiger partial charge is 0.355 e. The van der Waals surface area contributed by atoms with Crippen molar-refractivity contribution in [3.05, 3.63) is 52.4 Å². The van der Waals surface area contributed by atoms with Gasteiger partial charge in [-0.25, -0.2) is 4.39 Å². The van der Waals surface area contributed by atoms with E-state index in [9.17, 15) is 9.18 Å². The van der Waals surface area contributed by atoms with Gasteiger partial charge in [0, 0.05) is 62.5 Å². The number of nitrogens with zero attached hydrogens (tertiary/aromatic N) is 7. The van der Waals surface area contributed by atoms with Crippen LogP contribution in [0.4, 0.5) is 20.5 Å². The second-order valence-electron chi connectivity index (χ2n) is 8.95. The maximum Gasteiger partial charge on any atom is 0.240 e. The molecule has 0 unspecified atom stereocenters. The second kappa shape index (κ2) is 11.5. The molecule has 0 spiro atoms. The third kappa shape index (κ3) is 6.72. The van der Waals surface area contributed by atoms with Gasteiger partial charge >= 0.3 is 0 Å². The molecule has 36 heavy (non-hydrogen) atoms. The van der Waals surface area contributed by atoms with Crippen LogP contribution in [0, 0.1) is 5.82 Å². The van der Waals surface area contributed by atoms with E-state index in [-0.39, 0.29) is 17.8 Å². The van der Waals surface area contributed by atoms with Gasteiger partial charge in [0.15, 0.2) is 5.82 Å². The molecule has 4 heterocycles. The van der Waals surface area contributed by atoms with Crippen LogP contribution in [0.15, 0.2) is 41.0 Å². The fourth-order valence-electron chi connectivity index (χ4n) is 4.48. The van der Waals surface area contributed by atoms with Gasteiger partial charge in [-0.05, 0) is 42.3 Å². The number of rotatable bonds is 8. The smallest absolute Gasteiger partial charge is 0.240 e. The number of piperazine rings is 1. The highest BCUT2D eigenvalue weighted by atomic mass is 79.9. The first-order chi connectivity index (χ1) is 17.5. The highest BCUT2D eigenvalue weighted by molar-refractivity contribution is 9.10. The van der Waals surface area contributed by atoms with Gasteiger partial charge in [-0.1, -0.05) is 27.3 Å². The monoisotopic (exact) mass is 575 g/mol. The lowest BCUT2D eigenvalue weighted by Gasteiger charge is -2.34. The van der Waals surface area contributed by atoms with E-state index in [0.29, 0.717) is 23.4 Å². The Morgan fingerprint density at radius 1 is 1.08 bits per heavy atom. The first-order valence-electron chi connectivity index (χ1n) is 11.8. The van der Waals surface area contributed by atoms with Crippen molar-refractivity contribution in [2.24, 2.45) is 0 Å². The van der Waals surface area contributed by atoms with Crippen molar-refractivity contribution in [3.8, 4) is 0 Å². The molecule has 0 radical (unpaired) electrons. The standard InChI is InChI=1S/C23H27BrFN9OS/c24-17-10-16(11-18(25)12-17)13-32-6-8-33(9-7-32)15-21(35)28-23-31-30-22(36-23)27-19-3-5-34(14-19)20-2-1-4-26-29-20/h1-2,4,10-12,19H,3,5-9,13-15H2,(H,27,30)(H,28,31,35)/t19-/m1/s1. The van der Waals surface area contributed by atoms with Crippen molar-refractivity contribution >= 4 is 49.3 Å². The number of hydrogen-bond donors (Lipinski definition) is 2. The Labute approximate surface area is 221 Å². The minimum atomic E-state index is -0.239. The molecule has 10 nitrogen and oxygen atoms in total. The molecule has 0 aliphatic carbocycles. The highest BCUT2D eigenvalue weighted by Crippen LogP contribution is 2.24. The van der Waals surface area contributed by atoms with Gasteiger partial charge in [-0.3, -0.25) is 19.9 Å². The van der Waals surface area contributed by atoms with Gasteiger partial charge in [-0.15, -0.1) is 15.3 Å². The van der Waals surface area contributed by atoms with Crippen molar-refractivity contribution in [2.75, 3.05) is 61.3 Å². The Morgan fingerprint density at radius 2 is 1.89 bits per heavy atom. The maximum atomic E-state index is 13.6. The fraction of sp³-hybridized carbons (Fsp3) is 0.435. The zero-order valence-electron chi connectivity index (χ0n) is 19.6. The van der Waals surface area contributed by atoms with Crippen LogP contribution in [0.1, 0.15) is 12.0 Å². The van der Waals surface area contributed by atoms with Gasteiger partial charge in [0.05, 0.1) is 6.54 Å². The van der Waals surface area contributed by atoms with Crippen molar-refractivity contribution in [3.63, 3.8) is 0 Å². The molecule has 5 rings (SSSR count). The Bertz CT molecular complexity index is 1160. The first-order valence-corrected chi connectivity index (χ1v) is 13.4. The third-order valence-corrected chi connectivity index (χ3v) is 7.46. The Morgan fingerprint density at radius 3 is 2.67 bits per heavy atom. The molecule has 2 aliphatic rings. The summed E-state index contributed by atoms with van der Waals surface area (Å²) in [5.74, 6) is 0.529. The summed E-state index contributed by atoms with van der Waals surface area (Å²) in [4.78, 5) is 19.1. The molecule has 3 aromatic rings. The molecule has 1 amide bonds. The molecular formula is C23H27BrFN9OS. The lowest BCUT2D eigenvalue weighted by Crippen LogP contribution is -2.48. The molecule has 2 aromatic heterocycles. The zero-order valence-corrected chi connectivity index (χ0v) is 22.0. The van der Waals surface area contributed by atoms with E-state index < -0.39 is 0 Å². The average Bonchev–Trinajstić information content (AvgIpc) is 3.50. The topological polar surface area (TPSA) is 102 Å². The van der Waals surface area contributed by atoms with Gasteiger partial charge in [0.25, 0.3) is 0 Å². The molecule has 1 atom stereocenters. The average molecular weight is 577 g/mol. The number of amides is 1. The molecule has 2 aliphatic heterocycles. The maximum absolute atomic E-state index is 13.6. The molecule has 13 heteroatoms. The SMILES string of the molecule is O=C(CN1CCN(Cc2cc(F)cc(Br)c2)CC1)Nc1nnc(N[C@@H]2CCN(c3cccnn3)C2)s1. The Kier molecular flexibility index (Phi) is 7.99. The first kappa shape index (κ1) is 24.9. The summed E-state index contributed by atoms with van der Waals surface area (Å²) in [5, 5.41) is 23.9. The number of aromatic nitrogens is 4. The summed E-state index contributed by atoms with van der Waals surface area (Å²) in [6.45, 7) is 5.89. The summed E-state index contributed by atoms with van der Waals surface area (Å²) >= 11 is 4.68. The van der Waals surface area contributed by atoms with Crippen molar-refractivity contribution in [2.45, 2.75) is 19.0 Å². The Balaban J connectivity index is 1.04. The van der Waals surface area contributed by atoms with E-state index in [1.807, 2.05) is 18.2 Å². The van der Waals surface area contributed by atoms with Crippen LogP contribution in [-0.4, -0.2) is 88.0 Å². The predicted molar refractivity (Wildman–Crippen MR) is 141 cm³/mol. The number of carbonyl (C=O) groups is 1. The lowest BCUT2D eigenvalue weighted by atomic mass is 10.2. The van der Waals surface area contributed by atoms with Crippen LogP contribution in [-0.2, 0) is 11.3 Å². The number of nitrogens with one attached hydrogen (secondary N) is 2. The molecule has 2 fully saturated rings. The predicted octanol–water partition coefficient (Wildman–Crippen LogP) is 2.68. The molecule has 190 valence electrons. The lowest BCUT2D eigenvalue weighted by molar-refractivity contribution is -0.117. The molecular weight excluding hydrogens is 549 g/mol. The number of hydrogen-bond acceptors (Lipinski definition) is 10. The number of carbonyl (C=O) groups excluding carboxylic acids is 1. The number of anilines is 3. The minimum absolute atomic E-state index is 0.102. The van der Waals surface area contributed by atoms with Crippen LogP contribution >= 0.6 is 27.3 Å². The fourth-order valence-corrected chi connectivity index (χ4v) is 5.73. The van der Waals surface area contributed by atoms with Crippen LogP contribution in [0.3, 0.4) is 0 Å². The van der Waals surface area contributed by atoms with E-state index >= 15 is 0 Å². The molecule has 0 bridgehead atoms. The number of halogens is 2. The van der Waals surface area contributed by atoms with Gasteiger partial charge in [0.1, 0.15) is 5.82 Å². The van der Waals surface area contributed by atoms with E-state index in [1.54, 1.807) is 12.3 Å². The van der Waals surface area contributed by atoms with Gasteiger partial charge in [-0.2, -0.15) is 5.10 Å². The third-order valence-electron chi connectivity index (χ3n) is 6.23. The summed E-state index contributed by atoms with van der Waals surface area (Å²) in [5.41, 5.74) is 0.938. The van der Waals surface area contributed by atoms with E-state index in [0.717, 1.165) is 61.5 Å². The van der Waals surface area contributed by atoms with Gasteiger partial charge in [0.2, 0.25) is 16.2 Å². The molecule has 0 saturated carbocycles. The summed E-state index contributed by atoms with van der Waals surface area (Å²) in [6, 6.07) is 9.03. The van der Waals surface area contributed by atoms with Crippen LogP contribution in [0.25, 0.3) is 0 Å². The van der Waals surface area contributed by atoms with E-state index in [1.165, 1.54) is 17.4 Å². The minimum Gasteiger partial charge on any atom is -0.355 e. The van der Waals surface area contributed by atoms with E-state index in [4.69, 9.17) is 0 Å². The van der Waals surface area contributed by atoms with Gasteiger partial charge < -0.3 is 10.2 Å². The molecule has 2 saturated heterocycles. The van der Waals surface area contributed by atoms with Crippen LogP contribution < -0.4 is 15.5 Å². The quantitative estimate of drug-likeness (QED) is 0.419. The normalized spacial score (nSPS) is 18.9. The van der Waals surface area contributed by atoms with Crippen molar-refractivity contribution < 1.29 is 9.18 Å². The molecule has 2 N–H and O–H groups in total. The Hall–Kier alpha value is -2.74.